The zero-order chi connectivity index (χ0) is 14.0. The first kappa shape index (κ1) is 13.6. The molecular formula is C13H14F3N3. The van der Waals surface area contributed by atoms with Crippen molar-refractivity contribution in [1.29, 1.82) is 0 Å². The Hall–Kier alpha value is -1.82. The molecule has 0 atom stereocenters. The zero-order valence-corrected chi connectivity index (χ0v) is 10.6. The molecule has 0 saturated heterocycles. The Morgan fingerprint density at radius 1 is 1.21 bits per heavy atom. The van der Waals surface area contributed by atoms with E-state index in [-0.39, 0.29) is 0 Å². The highest BCUT2D eigenvalue weighted by Crippen LogP contribution is 2.30. The van der Waals surface area contributed by atoms with E-state index >= 15 is 0 Å². The van der Waals surface area contributed by atoms with Crippen LogP contribution in [-0.2, 0) is 19.8 Å². The summed E-state index contributed by atoms with van der Waals surface area (Å²) in [6.07, 6.45) is -4.30. The molecule has 1 N–H and O–H groups in total. The Morgan fingerprint density at radius 2 is 1.84 bits per heavy atom. The minimum atomic E-state index is -4.30. The Kier molecular flexibility index (Phi) is 3.61. The molecule has 0 aliphatic rings. The Balaban J connectivity index is 2.32. The monoisotopic (exact) mass is 269 g/mol. The van der Waals surface area contributed by atoms with Gasteiger partial charge >= 0.3 is 6.18 Å². The number of nitrogens with zero attached hydrogens (tertiary/aromatic N) is 2. The van der Waals surface area contributed by atoms with E-state index in [9.17, 15) is 13.2 Å². The summed E-state index contributed by atoms with van der Waals surface area (Å²) in [4.78, 5) is 0. The zero-order valence-electron chi connectivity index (χ0n) is 10.6. The highest BCUT2D eigenvalue weighted by atomic mass is 19.4. The predicted octanol–water partition coefficient (Wildman–Crippen LogP) is 2.83. The second-order valence-corrected chi connectivity index (χ2v) is 4.25. The molecule has 2 aromatic rings. The van der Waals surface area contributed by atoms with Crippen molar-refractivity contribution in [3.05, 3.63) is 41.6 Å². The van der Waals surface area contributed by atoms with Crippen molar-refractivity contribution in [1.82, 2.24) is 15.1 Å². The van der Waals surface area contributed by atoms with Gasteiger partial charge in [-0.2, -0.15) is 18.3 Å². The number of benzene rings is 1. The maximum atomic E-state index is 12.5. The normalized spacial score (nSPS) is 11.8. The standard InChI is InChI=1S/C13H14F3N3/c1-17-8-11-7-12(19(2)18-11)9-3-5-10(6-4-9)13(14,15)16/h3-7,17H,8H2,1-2H3. The fourth-order valence-electron chi connectivity index (χ4n) is 1.89. The van der Waals surface area contributed by atoms with E-state index in [1.54, 1.807) is 11.7 Å². The van der Waals surface area contributed by atoms with Gasteiger partial charge in [0.05, 0.1) is 17.0 Å². The molecule has 0 fully saturated rings. The first-order chi connectivity index (χ1) is 8.91. The third kappa shape index (κ3) is 2.96. The van der Waals surface area contributed by atoms with Crippen LogP contribution in [0.4, 0.5) is 13.2 Å². The van der Waals surface area contributed by atoms with E-state index < -0.39 is 11.7 Å². The molecule has 1 aromatic heterocycles. The summed E-state index contributed by atoms with van der Waals surface area (Å²) in [6, 6.07) is 6.95. The van der Waals surface area contributed by atoms with Crippen molar-refractivity contribution < 1.29 is 13.2 Å². The summed E-state index contributed by atoms with van der Waals surface area (Å²) < 4.78 is 39.1. The topological polar surface area (TPSA) is 29.9 Å². The summed E-state index contributed by atoms with van der Waals surface area (Å²) in [7, 11) is 3.58. The Bertz CT molecular complexity index is 556. The van der Waals surface area contributed by atoms with Gasteiger partial charge in [-0.1, -0.05) is 12.1 Å². The first-order valence-electron chi connectivity index (χ1n) is 5.77. The Morgan fingerprint density at radius 3 is 2.37 bits per heavy atom. The quantitative estimate of drug-likeness (QED) is 0.928. The number of nitrogens with one attached hydrogen (secondary N) is 1. The average Bonchev–Trinajstić information content (AvgIpc) is 2.70. The molecule has 1 heterocycles. The van der Waals surface area contributed by atoms with Gasteiger partial charge in [0.15, 0.2) is 0 Å². The Labute approximate surface area is 109 Å². The number of alkyl halides is 3. The van der Waals surface area contributed by atoms with E-state index in [1.807, 2.05) is 13.1 Å². The van der Waals surface area contributed by atoms with E-state index in [0.29, 0.717) is 12.1 Å². The van der Waals surface area contributed by atoms with Crippen molar-refractivity contribution in [3.63, 3.8) is 0 Å². The van der Waals surface area contributed by atoms with E-state index in [0.717, 1.165) is 23.5 Å². The summed E-state index contributed by atoms with van der Waals surface area (Å²) in [5.74, 6) is 0. The highest BCUT2D eigenvalue weighted by Gasteiger charge is 2.30. The molecule has 1 aromatic carbocycles. The molecule has 0 amide bonds. The molecule has 0 radical (unpaired) electrons. The summed E-state index contributed by atoms with van der Waals surface area (Å²) in [6.45, 7) is 0.620. The van der Waals surface area contributed by atoms with Gasteiger partial charge < -0.3 is 5.32 Å². The molecule has 3 nitrogen and oxygen atoms in total. The van der Waals surface area contributed by atoms with E-state index in [1.165, 1.54) is 12.1 Å². The minimum absolute atomic E-state index is 0.620. The molecular weight excluding hydrogens is 255 g/mol. The van der Waals surface area contributed by atoms with Crippen LogP contribution >= 0.6 is 0 Å². The van der Waals surface area contributed by atoms with Crippen LogP contribution in [0.15, 0.2) is 30.3 Å². The highest BCUT2D eigenvalue weighted by molar-refractivity contribution is 5.60. The van der Waals surface area contributed by atoms with Crippen LogP contribution in [0, 0.1) is 0 Å². The third-order valence-corrected chi connectivity index (χ3v) is 2.80. The van der Waals surface area contributed by atoms with Gasteiger partial charge in [0.25, 0.3) is 0 Å². The summed E-state index contributed by atoms with van der Waals surface area (Å²) in [5.41, 5.74) is 1.71. The molecule has 19 heavy (non-hydrogen) atoms. The summed E-state index contributed by atoms with van der Waals surface area (Å²) in [5, 5.41) is 7.26. The largest absolute Gasteiger partial charge is 0.416 e. The van der Waals surface area contributed by atoms with Crippen molar-refractivity contribution in [2.24, 2.45) is 7.05 Å². The van der Waals surface area contributed by atoms with Crippen LogP contribution in [0.3, 0.4) is 0 Å². The molecule has 102 valence electrons. The number of aryl methyl sites for hydroxylation is 1. The number of aromatic nitrogens is 2. The second kappa shape index (κ2) is 5.05. The van der Waals surface area contributed by atoms with Crippen molar-refractivity contribution in [2.45, 2.75) is 12.7 Å². The van der Waals surface area contributed by atoms with Crippen molar-refractivity contribution in [2.75, 3.05) is 7.05 Å². The number of hydrogen-bond donors (Lipinski definition) is 1. The lowest BCUT2D eigenvalue weighted by molar-refractivity contribution is -0.137. The van der Waals surface area contributed by atoms with Crippen LogP contribution in [0.1, 0.15) is 11.3 Å². The van der Waals surface area contributed by atoms with Crippen LogP contribution < -0.4 is 5.32 Å². The summed E-state index contributed by atoms with van der Waals surface area (Å²) >= 11 is 0. The van der Waals surface area contributed by atoms with Gasteiger partial charge in [0.1, 0.15) is 0 Å². The lowest BCUT2D eigenvalue weighted by Gasteiger charge is -2.07. The fourth-order valence-corrected chi connectivity index (χ4v) is 1.89. The van der Waals surface area contributed by atoms with Crippen LogP contribution in [0.25, 0.3) is 11.3 Å². The van der Waals surface area contributed by atoms with Gasteiger partial charge in [-0.25, -0.2) is 0 Å². The number of halogens is 3. The molecule has 0 bridgehead atoms. The maximum absolute atomic E-state index is 12.5. The average molecular weight is 269 g/mol. The lowest BCUT2D eigenvalue weighted by Crippen LogP contribution is -2.05. The minimum Gasteiger partial charge on any atom is -0.314 e. The smallest absolute Gasteiger partial charge is 0.314 e. The molecule has 2 rings (SSSR count). The lowest BCUT2D eigenvalue weighted by atomic mass is 10.1. The number of hydrogen-bond acceptors (Lipinski definition) is 2. The van der Waals surface area contributed by atoms with E-state index in [4.69, 9.17) is 0 Å². The third-order valence-electron chi connectivity index (χ3n) is 2.80. The van der Waals surface area contributed by atoms with Gasteiger partial charge in [0.2, 0.25) is 0 Å². The van der Waals surface area contributed by atoms with Crippen LogP contribution in [0.2, 0.25) is 0 Å². The molecule has 0 unspecified atom stereocenters. The van der Waals surface area contributed by atoms with Crippen LogP contribution in [0.5, 0.6) is 0 Å². The van der Waals surface area contributed by atoms with Gasteiger partial charge in [-0.15, -0.1) is 0 Å². The molecule has 6 heteroatoms. The molecule has 0 spiro atoms. The molecule has 0 aliphatic heterocycles. The SMILES string of the molecule is CNCc1cc(-c2ccc(C(F)(F)F)cc2)n(C)n1. The van der Waals surface area contributed by atoms with E-state index in [2.05, 4.69) is 10.4 Å². The maximum Gasteiger partial charge on any atom is 0.416 e. The van der Waals surface area contributed by atoms with Gasteiger partial charge in [0, 0.05) is 13.6 Å². The first-order valence-corrected chi connectivity index (χ1v) is 5.77. The van der Waals surface area contributed by atoms with Crippen molar-refractivity contribution in [3.8, 4) is 11.3 Å². The second-order valence-electron chi connectivity index (χ2n) is 4.25. The number of rotatable bonds is 3. The molecule has 0 saturated carbocycles. The predicted molar refractivity (Wildman–Crippen MR) is 66.4 cm³/mol. The van der Waals surface area contributed by atoms with Crippen molar-refractivity contribution >= 4 is 0 Å². The molecule has 0 aliphatic carbocycles. The van der Waals surface area contributed by atoms with Crippen LogP contribution in [-0.4, -0.2) is 16.8 Å². The fraction of sp³-hybridized carbons (Fsp3) is 0.308. The van der Waals surface area contributed by atoms with Gasteiger partial charge in [-0.05, 0) is 30.8 Å². The van der Waals surface area contributed by atoms with Gasteiger partial charge in [-0.3, -0.25) is 4.68 Å².